The lowest BCUT2D eigenvalue weighted by atomic mass is 9.95. The van der Waals surface area contributed by atoms with E-state index in [1.807, 2.05) is 17.4 Å². The van der Waals surface area contributed by atoms with Crippen molar-refractivity contribution in [2.24, 2.45) is 5.73 Å². The Morgan fingerprint density at radius 1 is 0.511 bits per heavy atom. The molecule has 1 aromatic heterocycles. The molecule has 3 N–H and O–H groups in total. The van der Waals surface area contributed by atoms with Crippen LogP contribution >= 0.6 is 11.3 Å². The topological polar surface area (TPSA) is 38.0 Å². The lowest BCUT2D eigenvalue weighted by Crippen LogP contribution is -2.13. The van der Waals surface area contributed by atoms with Crippen molar-refractivity contribution in [2.45, 2.75) is 12.5 Å². The fraction of sp³-hybridized carbons (Fsp3) is 0.0455. The molecule has 0 saturated heterocycles. The van der Waals surface area contributed by atoms with Crippen LogP contribution in [0.5, 0.6) is 0 Å². The highest BCUT2D eigenvalue weighted by atomic mass is 32.1. The van der Waals surface area contributed by atoms with Crippen LogP contribution in [0.3, 0.4) is 0 Å². The summed E-state index contributed by atoms with van der Waals surface area (Å²) in [6, 6.07) is 60.5. The third-order valence-corrected chi connectivity index (χ3v) is 10.1. The van der Waals surface area contributed by atoms with Crippen LogP contribution in [-0.2, 0) is 6.42 Å². The van der Waals surface area contributed by atoms with Gasteiger partial charge < -0.3 is 11.1 Å². The van der Waals surface area contributed by atoms with Crippen LogP contribution in [0.1, 0.15) is 17.2 Å². The fourth-order valence-electron chi connectivity index (χ4n) is 6.49. The Hall–Kier alpha value is -5.48. The molecule has 0 saturated carbocycles. The maximum absolute atomic E-state index is 6.69. The highest BCUT2D eigenvalue weighted by Gasteiger charge is 2.14. The van der Waals surface area contributed by atoms with E-state index in [0.29, 0.717) is 0 Å². The average Bonchev–Trinajstić information content (AvgIpc) is 3.52. The normalized spacial score (nSPS) is 11.9. The van der Waals surface area contributed by atoms with Gasteiger partial charge in [0, 0.05) is 43.2 Å². The molecule has 0 spiro atoms. The largest absolute Gasteiger partial charge is 0.355 e. The SMILES string of the molecule is N[C@@H](Cc1ccccc1)c1cccc(Nc2ccc(-c3ccccc3)cc2-c2ccc(-c3cccc4c3sc3ccccc34)cc2)c1. The number of hydrogen-bond donors (Lipinski definition) is 2. The summed E-state index contributed by atoms with van der Waals surface area (Å²) in [6.45, 7) is 0. The maximum Gasteiger partial charge on any atom is 0.0464 e. The molecule has 7 aromatic carbocycles. The Kier molecular flexibility index (Phi) is 7.84. The van der Waals surface area contributed by atoms with Crippen LogP contribution in [0.2, 0.25) is 0 Å². The van der Waals surface area contributed by atoms with Gasteiger partial charge in [0.1, 0.15) is 0 Å². The first-order valence-corrected chi connectivity index (χ1v) is 16.9. The Labute approximate surface area is 279 Å². The van der Waals surface area contributed by atoms with Gasteiger partial charge in [-0.25, -0.2) is 0 Å². The third kappa shape index (κ3) is 5.95. The van der Waals surface area contributed by atoms with Crippen LogP contribution in [0.25, 0.3) is 53.6 Å². The molecule has 1 atom stereocenters. The first-order valence-electron chi connectivity index (χ1n) is 16.1. The first kappa shape index (κ1) is 29.0. The molecule has 0 aliphatic carbocycles. The van der Waals surface area contributed by atoms with Gasteiger partial charge in [0.05, 0.1) is 0 Å². The summed E-state index contributed by atoms with van der Waals surface area (Å²) in [5, 5.41) is 6.38. The van der Waals surface area contributed by atoms with E-state index in [9.17, 15) is 0 Å². The zero-order valence-electron chi connectivity index (χ0n) is 25.9. The quantitative estimate of drug-likeness (QED) is 0.177. The van der Waals surface area contributed by atoms with Crippen molar-refractivity contribution >= 4 is 42.9 Å². The minimum Gasteiger partial charge on any atom is -0.355 e. The summed E-state index contributed by atoms with van der Waals surface area (Å²) in [5.74, 6) is 0. The van der Waals surface area contributed by atoms with Gasteiger partial charge in [0.2, 0.25) is 0 Å². The predicted octanol–water partition coefficient (Wildman–Crippen LogP) is 12.0. The molecule has 1 heterocycles. The van der Waals surface area contributed by atoms with Gasteiger partial charge in [-0.2, -0.15) is 0 Å². The summed E-state index contributed by atoms with van der Waals surface area (Å²) in [7, 11) is 0. The van der Waals surface area contributed by atoms with Crippen LogP contribution < -0.4 is 11.1 Å². The number of fused-ring (bicyclic) bond motifs is 3. The van der Waals surface area contributed by atoms with Crippen molar-refractivity contribution in [3.63, 3.8) is 0 Å². The minimum atomic E-state index is -0.0861. The molecule has 0 aliphatic rings. The van der Waals surface area contributed by atoms with Gasteiger partial charge in [-0.3, -0.25) is 0 Å². The van der Waals surface area contributed by atoms with Crippen molar-refractivity contribution in [1.82, 2.24) is 0 Å². The van der Waals surface area contributed by atoms with Crippen molar-refractivity contribution in [3.8, 4) is 33.4 Å². The summed E-state index contributed by atoms with van der Waals surface area (Å²) < 4.78 is 2.66. The molecule has 47 heavy (non-hydrogen) atoms. The van der Waals surface area contributed by atoms with E-state index in [-0.39, 0.29) is 6.04 Å². The van der Waals surface area contributed by atoms with Crippen LogP contribution in [-0.4, -0.2) is 0 Å². The second-order valence-corrected chi connectivity index (χ2v) is 13.1. The molecule has 0 aliphatic heterocycles. The predicted molar refractivity (Wildman–Crippen MR) is 202 cm³/mol. The third-order valence-electron chi connectivity index (χ3n) is 8.93. The van der Waals surface area contributed by atoms with E-state index in [1.165, 1.54) is 48.0 Å². The van der Waals surface area contributed by atoms with Gasteiger partial charge in [-0.05, 0) is 75.7 Å². The zero-order valence-corrected chi connectivity index (χ0v) is 26.8. The second kappa shape index (κ2) is 12.7. The molecule has 226 valence electrons. The van der Waals surface area contributed by atoms with E-state index in [0.717, 1.165) is 34.5 Å². The van der Waals surface area contributed by atoms with Crippen molar-refractivity contribution in [3.05, 3.63) is 181 Å². The van der Waals surface area contributed by atoms with Crippen molar-refractivity contribution < 1.29 is 0 Å². The van der Waals surface area contributed by atoms with E-state index in [2.05, 4.69) is 169 Å². The van der Waals surface area contributed by atoms with Crippen molar-refractivity contribution in [1.29, 1.82) is 0 Å². The van der Waals surface area contributed by atoms with Gasteiger partial charge >= 0.3 is 0 Å². The number of benzene rings is 7. The molecule has 0 fully saturated rings. The monoisotopic (exact) mass is 622 g/mol. The number of rotatable bonds is 8. The number of anilines is 2. The van der Waals surface area contributed by atoms with Gasteiger partial charge in [-0.15, -0.1) is 11.3 Å². The average molecular weight is 623 g/mol. The summed E-state index contributed by atoms with van der Waals surface area (Å²) in [4.78, 5) is 0. The van der Waals surface area contributed by atoms with E-state index in [4.69, 9.17) is 5.73 Å². The second-order valence-electron chi connectivity index (χ2n) is 12.0. The highest BCUT2D eigenvalue weighted by Crippen LogP contribution is 2.41. The summed E-state index contributed by atoms with van der Waals surface area (Å²) in [5.41, 5.74) is 18.3. The molecular weight excluding hydrogens is 589 g/mol. The Balaban J connectivity index is 1.15. The number of nitrogens with two attached hydrogens (primary N) is 1. The molecule has 8 aromatic rings. The molecule has 0 amide bonds. The molecule has 0 bridgehead atoms. The molecule has 2 nitrogen and oxygen atoms in total. The number of hydrogen-bond acceptors (Lipinski definition) is 3. The van der Waals surface area contributed by atoms with E-state index in [1.54, 1.807) is 0 Å². The van der Waals surface area contributed by atoms with E-state index < -0.39 is 0 Å². The van der Waals surface area contributed by atoms with Gasteiger partial charge in [-0.1, -0.05) is 140 Å². The van der Waals surface area contributed by atoms with E-state index >= 15 is 0 Å². The lowest BCUT2D eigenvalue weighted by molar-refractivity contribution is 0.722. The molecular formula is C44H34N2S. The molecule has 0 unspecified atom stereocenters. The smallest absolute Gasteiger partial charge is 0.0464 e. The minimum absolute atomic E-state index is 0.0861. The fourth-order valence-corrected chi connectivity index (χ4v) is 7.73. The molecule has 0 radical (unpaired) electrons. The number of thiophene rings is 1. The highest BCUT2D eigenvalue weighted by molar-refractivity contribution is 7.26. The Morgan fingerprint density at radius 2 is 1.17 bits per heavy atom. The molecule has 3 heteroatoms. The van der Waals surface area contributed by atoms with Crippen LogP contribution in [0, 0.1) is 0 Å². The summed E-state index contributed by atoms with van der Waals surface area (Å²) in [6.07, 6.45) is 0.795. The Bertz CT molecular complexity index is 2300. The van der Waals surface area contributed by atoms with Crippen LogP contribution in [0.15, 0.2) is 170 Å². The van der Waals surface area contributed by atoms with Gasteiger partial charge in [0.15, 0.2) is 0 Å². The zero-order chi connectivity index (χ0) is 31.6. The Morgan fingerprint density at radius 3 is 1.98 bits per heavy atom. The van der Waals surface area contributed by atoms with Gasteiger partial charge in [0.25, 0.3) is 0 Å². The number of nitrogens with one attached hydrogen (secondary N) is 1. The van der Waals surface area contributed by atoms with Crippen molar-refractivity contribution in [2.75, 3.05) is 5.32 Å². The standard InChI is InChI=1S/C44H34N2S/c45-41(27-30-11-3-1-4-12-30)35-15-9-16-36(28-35)46-42-26-25-34(31-13-5-2-6-14-31)29-40(42)33-23-21-32(22-24-33)37-18-10-19-39-38-17-7-8-20-43(38)47-44(37)39/h1-26,28-29,41,46H,27,45H2/t41-/m0/s1. The summed E-state index contributed by atoms with van der Waals surface area (Å²) >= 11 is 1.87. The molecule has 8 rings (SSSR count). The lowest BCUT2D eigenvalue weighted by Gasteiger charge is -2.17. The maximum atomic E-state index is 6.69. The van der Waals surface area contributed by atoms with Crippen LogP contribution in [0.4, 0.5) is 11.4 Å². The first-order chi connectivity index (χ1) is 23.2.